The fraction of sp³-hybridized carbons (Fsp3) is 0.556. The van der Waals surface area contributed by atoms with Gasteiger partial charge in [-0.25, -0.2) is 0 Å². The lowest BCUT2D eigenvalue weighted by Gasteiger charge is -2.27. The Hall–Kier alpha value is -1.92. The van der Waals surface area contributed by atoms with Gasteiger partial charge in [-0.2, -0.15) is 0 Å². The smallest absolute Gasteiger partial charge is 0.241 e. The molecule has 1 fully saturated rings. The molecule has 0 aromatic heterocycles. The third kappa shape index (κ3) is 5.04. The Bertz CT molecular complexity index is 572. The summed E-state index contributed by atoms with van der Waals surface area (Å²) in [6.45, 7) is 8.29. The summed E-state index contributed by atoms with van der Waals surface area (Å²) in [7, 11) is 0. The second kappa shape index (κ2) is 7.77. The van der Waals surface area contributed by atoms with E-state index in [1.807, 2.05) is 37.8 Å². The maximum absolute atomic E-state index is 12.2. The van der Waals surface area contributed by atoms with E-state index in [2.05, 4.69) is 5.32 Å². The van der Waals surface area contributed by atoms with Gasteiger partial charge in [0.25, 0.3) is 0 Å². The van der Waals surface area contributed by atoms with Crippen LogP contribution in [0.2, 0.25) is 0 Å². The number of nitrogens with zero attached hydrogens (tertiary/aromatic N) is 1. The zero-order chi connectivity index (χ0) is 17.7. The van der Waals surface area contributed by atoms with Gasteiger partial charge < -0.3 is 20.7 Å². The van der Waals surface area contributed by atoms with Gasteiger partial charge in [0, 0.05) is 18.8 Å². The molecule has 0 radical (unpaired) electrons. The van der Waals surface area contributed by atoms with Crippen molar-refractivity contribution < 1.29 is 14.3 Å². The van der Waals surface area contributed by atoms with E-state index in [0.29, 0.717) is 38.4 Å². The molecule has 0 spiro atoms. The number of hydrogen-bond donors (Lipinski definition) is 2. The largest absolute Gasteiger partial charge is 0.378 e. The Balaban J connectivity index is 1.90. The van der Waals surface area contributed by atoms with E-state index in [1.165, 1.54) is 0 Å². The topological polar surface area (TPSA) is 84.7 Å². The van der Waals surface area contributed by atoms with Crippen LogP contribution in [0.3, 0.4) is 0 Å². The average molecular weight is 333 g/mol. The first kappa shape index (κ1) is 18.4. The maximum Gasteiger partial charge on any atom is 0.241 e. The Morgan fingerprint density at radius 3 is 2.33 bits per heavy atom. The summed E-state index contributed by atoms with van der Waals surface area (Å²) in [6.07, 6.45) is 0.357. The Morgan fingerprint density at radius 2 is 1.79 bits per heavy atom. The molecule has 3 N–H and O–H groups in total. The molecule has 1 atom stereocenters. The second-order valence-corrected chi connectivity index (χ2v) is 7.20. The number of ether oxygens (including phenoxy) is 1. The monoisotopic (exact) mass is 333 g/mol. The van der Waals surface area contributed by atoms with Gasteiger partial charge in [0.15, 0.2) is 0 Å². The molecule has 132 valence electrons. The van der Waals surface area contributed by atoms with Crippen molar-refractivity contribution in [2.24, 2.45) is 11.1 Å². The molecule has 6 heteroatoms. The fourth-order valence-corrected chi connectivity index (χ4v) is 2.42. The first-order valence-corrected chi connectivity index (χ1v) is 8.28. The highest BCUT2D eigenvalue weighted by Crippen LogP contribution is 2.19. The summed E-state index contributed by atoms with van der Waals surface area (Å²) in [4.78, 5) is 26.2. The van der Waals surface area contributed by atoms with Gasteiger partial charge in [-0.1, -0.05) is 32.9 Å². The number of anilines is 1. The predicted octanol–water partition coefficient (Wildman–Crippen LogP) is 1.40. The molecule has 1 aromatic carbocycles. The van der Waals surface area contributed by atoms with Crippen LogP contribution < -0.4 is 11.1 Å². The molecule has 1 aromatic rings. The molecular formula is C18H27N3O3. The lowest BCUT2D eigenvalue weighted by Crippen LogP contribution is -2.45. The van der Waals surface area contributed by atoms with Crippen molar-refractivity contribution >= 4 is 17.5 Å². The van der Waals surface area contributed by atoms with Crippen LogP contribution in [0.5, 0.6) is 0 Å². The number of nitrogens with one attached hydrogen (secondary N) is 1. The molecule has 0 aliphatic carbocycles. The summed E-state index contributed by atoms with van der Waals surface area (Å²) in [5, 5.41) is 2.82. The molecular weight excluding hydrogens is 306 g/mol. The quantitative estimate of drug-likeness (QED) is 0.872. The van der Waals surface area contributed by atoms with Crippen LogP contribution in [0.25, 0.3) is 0 Å². The van der Waals surface area contributed by atoms with E-state index in [4.69, 9.17) is 10.5 Å². The standard InChI is InChI=1S/C18H27N3O3/c1-18(2,3)16(19)17(23)20-14-6-4-13(5-7-14)12-15(22)21-8-10-24-11-9-21/h4-7,16H,8-12,19H2,1-3H3,(H,20,23)/t16-/m1/s1. The molecule has 1 heterocycles. The van der Waals surface area contributed by atoms with Crippen molar-refractivity contribution in [2.45, 2.75) is 33.2 Å². The van der Waals surface area contributed by atoms with E-state index in [-0.39, 0.29) is 17.2 Å². The van der Waals surface area contributed by atoms with E-state index in [1.54, 1.807) is 12.1 Å². The lowest BCUT2D eigenvalue weighted by molar-refractivity contribution is -0.134. The molecule has 1 aliphatic rings. The number of carbonyl (C=O) groups excluding carboxylic acids is 2. The van der Waals surface area contributed by atoms with E-state index in [0.717, 1.165) is 5.56 Å². The van der Waals surface area contributed by atoms with Crippen LogP contribution in [0, 0.1) is 5.41 Å². The van der Waals surface area contributed by atoms with Crippen molar-refractivity contribution in [1.82, 2.24) is 4.90 Å². The first-order valence-electron chi connectivity index (χ1n) is 8.28. The number of carbonyl (C=O) groups is 2. The minimum atomic E-state index is -0.583. The van der Waals surface area contributed by atoms with Gasteiger partial charge in [-0.15, -0.1) is 0 Å². The van der Waals surface area contributed by atoms with E-state index < -0.39 is 6.04 Å². The number of morpholine rings is 1. The fourth-order valence-electron chi connectivity index (χ4n) is 2.42. The minimum Gasteiger partial charge on any atom is -0.378 e. The van der Waals surface area contributed by atoms with Crippen molar-refractivity contribution in [3.05, 3.63) is 29.8 Å². The SMILES string of the molecule is CC(C)(C)[C@H](N)C(=O)Nc1ccc(CC(=O)N2CCOCC2)cc1. The van der Waals surface area contributed by atoms with Crippen LogP contribution in [0.1, 0.15) is 26.3 Å². The zero-order valence-electron chi connectivity index (χ0n) is 14.7. The maximum atomic E-state index is 12.2. The highest BCUT2D eigenvalue weighted by atomic mass is 16.5. The lowest BCUT2D eigenvalue weighted by atomic mass is 9.87. The summed E-state index contributed by atoms with van der Waals surface area (Å²) in [6, 6.07) is 6.73. The van der Waals surface area contributed by atoms with Gasteiger partial charge >= 0.3 is 0 Å². The third-order valence-corrected chi connectivity index (χ3v) is 4.16. The Morgan fingerprint density at radius 1 is 1.21 bits per heavy atom. The summed E-state index contributed by atoms with van der Waals surface area (Å²) >= 11 is 0. The number of amides is 2. The van der Waals surface area contributed by atoms with E-state index >= 15 is 0 Å². The number of rotatable bonds is 4. The molecule has 0 unspecified atom stereocenters. The number of nitrogens with two attached hydrogens (primary N) is 1. The highest BCUT2D eigenvalue weighted by Gasteiger charge is 2.27. The zero-order valence-corrected chi connectivity index (χ0v) is 14.7. The molecule has 1 saturated heterocycles. The van der Waals surface area contributed by atoms with Crippen molar-refractivity contribution in [3.8, 4) is 0 Å². The van der Waals surface area contributed by atoms with E-state index in [9.17, 15) is 9.59 Å². The van der Waals surface area contributed by atoms with Crippen molar-refractivity contribution in [3.63, 3.8) is 0 Å². The Labute approximate surface area is 143 Å². The van der Waals surface area contributed by atoms with Crippen LogP contribution in [0.4, 0.5) is 5.69 Å². The molecule has 0 saturated carbocycles. The van der Waals surface area contributed by atoms with Crippen molar-refractivity contribution in [1.29, 1.82) is 0 Å². The van der Waals surface area contributed by atoms with Gasteiger partial charge in [0.05, 0.1) is 25.7 Å². The van der Waals surface area contributed by atoms with Crippen LogP contribution in [-0.2, 0) is 20.7 Å². The van der Waals surface area contributed by atoms with Gasteiger partial charge in [0.2, 0.25) is 11.8 Å². The second-order valence-electron chi connectivity index (χ2n) is 7.20. The summed E-state index contributed by atoms with van der Waals surface area (Å²) in [5.74, 6) is -0.107. The summed E-state index contributed by atoms with van der Waals surface area (Å²) < 4.78 is 5.25. The minimum absolute atomic E-state index is 0.102. The van der Waals surface area contributed by atoms with Gasteiger partial charge in [-0.05, 0) is 23.1 Å². The summed E-state index contributed by atoms with van der Waals surface area (Å²) in [5.41, 5.74) is 7.25. The van der Waals surface area contributed by atoms with Crippen LogP contribution in [0.15, 0.2) is 24.3 Å². The first-order chi connectivity index (χ1) is 11.3. The van der Waals surface area contributed by atoms with Crippen LogP contribution in [-0.4, -0.2) is 49.1 Å². The molecule has 6 nitrogen and oxygen atoms in total. The highest BCUT2D eigenvalue weighted by molar-refractivity contribution is 5.95. The normalized spacial score (nSPS) is 16.6. The Kier molecular flexibility index (Phi) is 5.96. The predicted molar refractivity (Wildman–Crippen MR) is 93.6 cm³/mol. The third-order valence-electron chi connectivity index (χ3n) is 4.16. The van der Waals surface area contributed by atoms with Gasteiger partial charge in [-0.3, -0.25) is 9.59 Å². The average Bonchev–Trinajstić information content (AvgIpc) is 2.55. The molecule has 2 rings (SSSR count). The molecule has 0 bridgehead atoms. The number of benzene rings is 1. The molecule has 2 amide bonds. The number of hydrogen-bond acceptors (Lipinski definition) is 4. The van der Waals surface area contributed by atoms with Gasteiger partial charge in [0.1, 0.15) is 0 Å². The van der Waals surface area contributed by atoms with Crippen LogP contribution >= 0.6 is 0 Å². The molecule has 1 aliphatic heterocycles. The van der Waals surface area contributed by atoms with Crippen molar-refractivity contribution in [2.75, 3.05) is 31.6 Å². The molecule has 24 heavy (non-hydrogen) atoms.